The van der Waals surface area contributed by atoms with Crippen LogP contribution in [0.3, 0.4) is 0 Å². The van der Waals surface area contributed by atoms with Gasteiger partial charge < -0.3 is 9.73 Å². The van der Waals surface area contributed by atoms with E-state index in [4.69, 9.17) is 16.6 Å². The van der Waals surface area contributed by atoms with Crippen molar-refractivity contribution in [2.45, 2.75) is 13.8 Å². The number of hydrogen-bond acceptors (Lipinski definition) is 7. The second kappa shape index (κ2) is 8.10. The number of hydrogen-bond donors (Lipinski definition) is 2. The number of fused-ring (bicyclic) bond motifs is 2. The van der Waals surface area contributed by atoms with E-state index in [-0.39, 0.29) is 11.0 Å². The Morgan fingerprint density at radius 1 is 0.969 bits per heavy atom. The quantitative estimate of drug-likeness (QED) is 0.356. The predicted molar refractivity (Wildman–Crippen MR) is 130 cm³/mol. The van der Waals surface area contributed by atoms with Crippen molar-refractivity contribution in [1.82, 2.24) is 19.0 Å². The van der Waals surface area contributed by atoms with Crippen LogP contribution >= 0.6 is 23.9 Å². The smallest absolute Gasteiger partial charge is 0.257 e. The van der Waals surface area contributed by atoms with Crippen molar-refractivity contribution >= 4 is 62.8 Å². The van der Waals surface area contributed by atoms with E-state index in [1.165, 1.54) is 5.56 Å². The molecule has 2 heterocycles. The van der Waals surface area contributed by atoms with Gasteiger partial charge in [0.2, 0.25) is 5.89 Å². The van der Waals surface area contributed by atoms with Crippen LogP contribution in [0.5, 0.6) is 0 Å². The third-order valence-corrected chi connectivity index (χ3v) is 5.76. The zero-order valence-corrected chi connectivity index (χ0v) is 18.8. The van der Waals surface area contributed by atoms with Crippen LogP contribution in [0.15, 0.2) is 59.0 Å². The van der Waals surface area contributed by atoms with Crippen LogP contribution in [-0.4, -0.2) is 24.8 Å². The zero-order valence-electron chi connectivity index (χ0n) is 17.2. The number of anilines is 1. The molecule has 0 saturated heterocycles. The summed E-state index contributed by atoms with van der Waals surface area (Å²) in [5, 5.41) is 5.90. The van der Waals surface area contributed by atoms with Gasteiger partial charge in [0, 0.05) is 16.8 Å². The minimum absolute atomic E-state index is 0.184. The van der Waals surface area contributed by atoms with Crippen molar-refractivity contribution in [3.8, 4) is 11.5 Å². The van der Waals surface area contributed by atoms with Crippen molar-refractivity contribution in [2.24, 2.45) is 0 Å². The van der Waals surface area contributed by atoms with Crippen molar-refractivity contribution in [3.05, 3.63) is 71.3 Å². The van der Waals surface area contributed by atoms with Gasteiger partial charge in [-0.05, 0) is 74.1 Å². The summed E-state index contributed by atoms with van der Waals surface area (Å²) in [5.41, 5.74) is 7.20. The summed E-state index contributed by atoms with van der Waals surface area (Å²) in [4.78, 5) is 17.2. The number of oxazole rings is 1. The van der Waals surface area contributed by atoms with Crippen molar-refractivity contribution in [2.75, 3.05) is 5.32 Å². The lowest BCUT2D eigenvalue weighted by Crippen LogP contribution is -2.34. The molecule has 32 heavy (non-hydrogen) atoms. The Balaban J connectivity index is 1.32. The van der Waals surface area contributed by atoms with E-state index in [1.807, 2.05) is 37.3 Å². The number of nitrogens with one attached hydrogen (secondary N) is 2. The van der Waals surface area contributed by atoms with Crippen molar-refractivity contribution in [1.29, 1.82) is 0 Å². The first-order valence-electron chi connectivity index (χ1n) is 9.79. The maximum atomic E-state index is 12.5. The van der Waals surface area contributed by atoms with E-state index in [0.717, 1.165) is 28.4 Å². The molecule has 5 aromatic rings. The fourth-order valence-electron chi connectivity index (χ4n) is 3.43. The largest absolute Gasteiger partial charge is 0.436 e. The molecule has 0 fully saturated rings. The van der Waals surface area contributed by atoms with Gasteiger partial charge in [-0.25, -0.2) is 4.98 Å². The van der Waals surface area contributed by atoms with Gasteiger partial charge in [0.15, 0.2) is 10.7 Å². The molecule has 0 aliphatic carbocycles. The first-order valence-corrected chi connectivity index (χ1v) is 10.9. The molecule has 2 aromatic heterocycles. The Labute approximate surface area is 192 Å². The second-order valence-corrected chi connectivity index (χ2v) is 8.33. The number of aromatic nitrogens is 3. The Bertz CT molecular complexity index is 1510. The van der Waals surface area contributed by atoms with Gasteiger partial charge in [-0.2, -0.15) is 8.75 Å². The summed E-state index contributed by atoms with van der Waals surface area (Å²) in [7, 11) is 0. The van der Waals surface area contributed by atoms with Crippen LogP contribution in [-0.2, 0) is 0 Å². The normalized spacial score (nSPS) is 11.1. The highest BCUT2D eigenvalue weighted by Crippen LogP contribution is 2.28. The van der Waals surface area contributed by atoms with Crippen molar-refractivity contribution in [3.63, 3.8) is 0 Å². The molecule has 7 nitrogen and oxygen atoms in total. The Hall–Kier alpha value is -3.69. The standard InChI is InChI=1S/C23H17N5O2S2/c1-12-3-6-16(13(2)9-12)22-25-19-11-15(5-8-20(19)30-22)24-23(31)26-21(29)14-4-7-17-18(10-14)28-32-27-17/h3-11H,1-2H3,(H2,24,26,29,31). The zero-order chi connectivity index (χ0) is 22.2. The third-order valence-electron chi connectivity index (χ3n) is 5.00. The average molecular weight is 460 g/mol. The van der Waals surface area contributed by atoms with Crippen LogP contribution < -0.4 is 10.6 Å². The molecule has 2 N–H and O–H groups in total. The number of aryl methyl sites for hydroxylation is 2. The molecule has 0 aliphatic rings. The fourth-order valence-corrected chi connectivity index (χ4v) is 4.16. The van der Waals surface area contributed by atoms with E-state index in [0.29, 0.717) is 33.8 Å². The number of carbonyl (C=O) groups excluding carboxylic acids is 1. The molecule has 0 radical (unpaired) electrons. The Morgan fingerprint density at radius 2 is 1.81 bits per heavy atom. The third kappa shape index (κ3) is 3.95. The average Bonchev–Trinajstić information content (AvgIpc) is 3.39. The SMILES string of the molecule is Cc1ccc(-c2nc3cc(NC(=S)NC(=O)c4ccc5nsnc5c4)ccc3o2)c(C)c1. The first-order chi connectivity index (χ1) is 15.5. The van der Waals surface area contributed by atoms with Crippen LogP contribution in [0.1, 0.15) is 21.5 Å². The molecule has 1 amide bonds. The molecule has 0 spiro atoms. The molecule has 0 bridgehead atoms. The summed E-state index contributed by atoms with van der Waals surface area (Å²) in [6, 6.07) is 16.8. The lowest BCUT2D eigenvalue weighted by atomic mass is 10.1. The molecular weight excluding hydrogens is 442 g/mol. The number of benzene rings is 3. The molecule has 0 atom stereocenters. The number of carbonyl (C=O) groups is 1. The first kappa shape index (κ1) is 20.2. The Morgan fingerprint density at radius 3 is 2.66 bits per heavy atom. The lowest BCUT2D eigenvalue weighted by molar-refractivity contribution is 0.0978. The summed E-state index contributed by atoms with van der Waals surface area (Å²) < 4.78 is 14.2. The number of amides is 1. The molecular formula is C23H17N5O2S2. The van der Waals surface area contributed by atoms with E-state index in [2.05, 4.69) is 37.4 Å². The van der Waals surface area contributed by atoms with Gasteiger partial charge in [-0.1, -0.05) is 17.7 Å². The number of rotatable bonds is 3. The minimum Gasteiger partial charge on any atom is -0.436 e. The van der Waals surface area contributed by atoms with Crippen molar-refractivity contribution < 1.29 is 9.21 Å². The molecule has 5 rings (SSSR count). The summed E-state index contributed by atoms with van der Waals surface area (Å²) in [6.07, 6.45) is 0. The maximum absolute atomic E-state index is 12.5. The van der Waals surface area contributed by atoms with Crippen LogP contribution in [0.2, 0.25) is 0 Å². The van der Waals surface area contributed by atoms with Gasteiger partial charge in [0.1, 0.15) is 16.6 Å². The van der Waals surface area contributed by atoms with E-state index < -0.39 is 0 Å². The van der Waals surface area contributed by atoms with E-state index in [9.17, 15) is 4.79 Å². The highest BCUT2D eigenvalue weighted by Gasteiger charge is 2.13. The van der Waals surface area contributed by atoms with Gasteiger partial charge in [0.25, 0.3) is 5.91 Å². The highest BCUT2D eigenvalue weighted by atomic mass is 32.1. The van der Waals surface area contributed by atoms with Gasteiger partial charge >= 0.3 is 0 Å². The Kier molecular flexibility index (Phi) is 5.12. The van der Waals surface area contributed by atoms with Crippen LogP contribution in [0.4, 0.5) is 5.69 Å². The number of nitrogens with zero attached hydrogens (tertiary/aromatic N) is 3. The highest BCUT2D eigenvalue weighted by molar-refractivity contribution is 7.80. The van der Waals surface area contributed by atoms with Gasteiger partial charge in [-0.15, -0.1) is 0 Å². The molecule has 3 aromatic carbocycles. The second-order valence-electron chi connectivity index (χ2n) is 7.40. The molecule has 0 aliphatic heterocycles. The molecule has 9 heteroatoms. The summed E-state index contributed by atoms with van der Waals surface area (Å²) >= 11 is 6.42. The summed E-state index contributed by atoms with van der Waals surface area (Å²) in [6.45, 7) is 4.09. The molecule has 158 valence electrons. The van der Waals surface area contributed by atoms with Crippen LogP contribution in [0, 0.1) is 13.8 Å². The topological polar surface area (TPSA) is 92.9 Å². The summed E-state index contributed by atoms with van der Waals surface area (Å²) in [5.74, 6) is 0.245. The molecule has 0 saturated carbocycles. The van der Waals surface area contributed by atoms with Gasteiger partial charge in [-0.3, -0.25) is 10.1 Å². The monoisotopic (exact) mass is 459 g/mol. The lowest BCUT2D eigenvalue weighted by Gasteiger charge is -2.09. The van der Waals surface area contributed by atoms with E-state index >= 15 is 0 Å². The number of thiocarbonyl (C=S) groups is 1. The minimum atomic E-state index is -0.322. The van der Waals surface area contributed by atoms with Crippen LogP contribution in [0.25, 0.3) is 33.6 Å². The molecule has 0 unspecified atom stereocenters. The maximum Gasteiger partial charge on any atom is 0.257 e. The predicted octanol–water partition coefficient (Wildman–Crippen LogP) is 5.24. The van der Waals surface area contributed by atoms with E-state index in [1.54, 1.807) is 18.2 Å². The van der Waals surface area contributed by atoms with Gasteiger partial charge in [0.05, 0.1) is 11.7 Å². The fraction of sp³-hybridized carbons (Fsp3) is 0.0870.